The van der Waals surface area contributed by atoms with Crippen LogP contribution in [0, 0.1) is 0 Å². The van der Waals surface area contributed by atoms with Crippen LogP contribution in [0.15, 0.2) is 83.8 Å². The number of benzene rings is 3. The fraction of sp³-hybridized carbons (Fsp3) is 0.222. The van der Waals surface area contributed by atoms with Gasteiger partial charge in [-0.1, -0.05) is 42.5 Å². The van der Waals surface area contributed by atoms with Gasteiger partial charge in [0.05, 0.1) is 22.6 Å². The molecule has 0 saturated carbocycles. The van der Waals surface area contributed by atoms with E-state index in [4.69, 9.17) is 14.7 Å². The van der Waals surface area contributed by atoms with Crippen molar-refractivity contribution < 1.29 is 17.9 Å². The molecule has 2 heterocycles. The Morgan fingerprint density at radius 2 is 1.53 bits per heavy atom. The second-order valence-electron chi connectivity index (χ2n) is 8.39. The number of para-hydroxylation sites is 1. The van der Waals surface area contributed by atoms with E-state index < -0.39 is 16.0 Å². The smallest absolute Gasteiger partial charge is 0.338 e. The summed E-state index contributed by atoms with van der Waals surface area (Å²) in [5.41, 5.74) is 2.10. The lowest BCUT2D eigenvalue weighted by Crippen LogP contribution is -2.49. The van der Waals surface area contributed by atoms with Crippen LogP contribution in [0.3, 0.4) is 0 Å². The van der Waals surface area contributed by atoms with E-state index >= 15 is 0 Å². The summed E-state index contributed by atoms with van der Waals surface area (Å²) in [5, 5.41) is 0.933. The Morgan fingerprint density at radius 1 is 0.861 bits per heavy atom. The summed E-state index contributed by atoms with van der Waals surface area (Å²) in [5.74, 6) is 0.971. The van der Waals surface area contributed by atoms with Crippen molar-refractivity contribution in [2.24, 2.45) is 0 Å². The molecule has 0 radical (unpaired) electrons. The van der Waals surface area contributed by atoms with E-state index in [1.54, 1.807) is 6.92 Å². The Balaban J connectivity index is 1.37. The fourth-order valence-corrected chi connectivity index (χ4v) is 5.71. The number of aromatic nitrogens is 2. The Kier molecular flexibility index (Phi) is 6.67. The zero-order chi connectivity index (χ0) is 25.1. The highest BCUT2D eigenvalue weighted by molar-refractivity contribution is 7.89. The molecule has 4 aromatic rings. The first-order valence-corrected chi connectivity index (χ1v) is 13.3. The predicted molar refractivity (Wildman–Crippen MR) is 138 cm³/mol. The van der Waals surface area contributed by atoms with Gasteiger partial charge in [0, 0.05) is 37.1 Å². The van der Waals surface area contributed by atoms with Gasteiger partial charge < -0.3 is 9.64 Å². The lowest BCUT2D eigenvalue weighted by Gasteiger charge is -2.35. The van der Waals surface area contributed by atoms with Gasteiger partial charge in [0.2, 0.25) is 10.0 Å². The number of anilines is 1. The highest BCUT2D eigenvalue weighted by Crippen LogP contribution is 2.29. The number of nitrogens with zero attached hydrogens (tertiary/aromatic N) is 4. The average molecular weight is 503 g/mol. The number of hydrogen-bond acceptors (Lipinski definition) is 7. The van der Waals surface area contributed by atoms with Crippen LogP contribution in [0.2, 0.25) is 0 Å². The number of hydrogen-bond donors (Lipinski definition) is 0. The van der Waals surface area contributed by atoms with Crippen LogP contribution >= 0.6 is 0 Å². The molecule has 0 atom stereocenters. The molecule has 0 N–H and O–H groups in total. The maximum absolute atomic E-state index is 13.3. The summed E-state index contributed by atoms with van der Waals surface area (Å²) >= 11 is 0. The van der Waals surface area contributed by atoms with Crippen LogP contribution in [0.1, 0.15) is 17.3 Å². The standard InChI is InChI=1S/C27H26N4O4S/c1-2-35-27(32)21-12-14-22(15-13-21)36(33,34)31-18-16-30(17-19-31)26-23-10-6-7-11-24(23)28-25(29-26)20-8-4-3-5-9-20/h3-15H,2,16-19H2,1H3. The maximum Gasteiger partial charge on any atom is 0.338 e. The van der Waals surface area contributed by atoms with Crippen molar-refractivity contribution in [3.63, 3.8) is 0 Å². The number of esters is 1. The molecule has 1 aliphatic rings. The molecule has 1 aromatic heterocycles. The fourth-order valence-electron chi connectivity index (χ4n) is 4.28. The van der Waals surface area contributed by atoms with E-state index in [2.05, 4.69) is 4.90 Å². The summed E-state index contributed by atoms with van der Waals surface area (Å²) in [7, 11) is -3.69. The van der Waals surface area contributed by atoms with Crippen molar-refractivity contribution in [3.8, 4) is 11.4 Å². The number of ether oxygens (including phenoxy) is 1. The largest absolute Gasteiger partial charge is 0.462 e. The highest BCUT2D eigenvalue weighted by Gasteiger charge is 2.30. The summed E-state index contributed by atoms with van der Waals surface area (Å²) < 4.78 is 33.0. The average Bonchev–Trinajstić information content (AvgIpc) is 2.93. The van der Waals surface area contributed by atoms with E-state index in [0.717, 1.165) is 22.3 Å². The third-order valence-corrected chi connectivity index (χ3v) is 8.07. The second kappa shape index (κ2) is 10.0. The number of piperazine rings is 1. The SMILES string of the molecule is CCOC(=O)c1ccc(S(=O)(=O)N2CCN(c3nc(-c4ccccc4)nc4ccccc34)CC2)cc1. The Bertz CT molecular complexity index is 1480. The molecule has 8 nitrogen and oxygen atoms in total. The highest BCUT2D eigenvalue weighted by atomic mass is 32.2. The summed E-state index contributed by atoms with van der Waals surface area (Å²) in [6.07, 6.45) is 0. The molecule has 3 aromatic carbocycles. The van der Waals surface area contributed by atoms with Crippen molar-refractivity contribution in [1.29, 1.82) is 0 Å². The van der Waals surface area contributed by atoms with Gasteiger partial charge in [0.25, 0.3) is 0 Å². The number of sulfonamides is 1. The zero-order valence-electron chi connectivity index (χ0n) is 19.9. The number of rotatable bonds is 6. The molecule has 0 unspecified atom stereocenters. The van der Waals surface area contributed by atoms with Crippen molar-refractivity contribution in [2.45, 2.75) is 11.8 Å². The molecular formula is C27H26N4O4S. The third-order valence-electron chi connectivity index (χ3n) is 6.16. The van der Waals surface area contributed by atoms with Gasteiger partial charge in [0.1, 0.15) is 5.82 Å². The topological polar surface area (TPSA) is 92.7 Å². The lowest BCUT2D eigenvalue weighted by molar-refractivity contribution is 0.0526. The molecule has 1 aliphatic heterocycles. The number of carbonyl (C=O) groups is 1. The first-order chi connectivity index (χ1) is 17.5. The summed E-state index contributed by atoms with van der Waals surface area (Å²) in [6, 6.07) is 23.6. The molecular weight excluding hydrogens is 476 g/mol. The molecule has 184 valence electrons. The van der Waals surface area contributed by atoms with Gasteiger partial charge >= 0.3 is 5.97 Å². The quantitative estimate of drug-likeness (QED) is 0.368. The molecule has 5 rings (SSSR count). The Labute approximate surface area is 210 Å². The van der Waals surface area contributed by atoms with E-state index in [-0.39, 0.29) is 11.5 Å². The minimum atomic E-state index is -3.69. The first kappa shape index (κ1) is 23.9. The normalized spacial score (nSPS) is 14.6. The minimum absolute atomic E-state index is 0.155. The van der Waals surface area contributed by atoms with E-state index in [9.17, 15) is 13.2 Å². The van der Waals surface area contributed by atoms with Gasteiger partial charge in [-0.3, -0.25) is 0 Å². The molecule has 36 heavy (non-hydrogen) atoms. The van der Waals surface area contributed by atoms with Crippen LogP contribution < -0.4 is 4.90 Å². The van der Waals surface area contributed by atoms with Crippen LogP contribution in [-0.2, 0) is 14.8 Å². The van der Waals surface area contributed by atoms with Gasteiger partial charge in [-0.25, -0.2) is 23.2 Å². The molecule has 0 bridgehead atoms. The van der Waals surface area contributed by atoms with E-state index in [1.807, 2.05) is 54.6 Å². The van der Waals surface area contributed by atoms with Crippen LogP contribution in [0.4, 0.5) is 5.82 Å². The first-order valence-electron chi connectivity index (χ1n) is 11.8. The monoisotopic (exact) mass is 502 g/mol. The van der Waals surface area contributed by atoms with Crippen molar-refractivity contribution in [2.75, 3.05) is 37.7 Å². The zero-order valence-corrected chi connectivity index (χ0v) is 20.7. The van der Waals surface area contributed by atoms with Crippen LogP contribution in [0.5, 0.6) is 0 Å². The summed E-state index contributed by atoms with van der Waals surface area (Å²) in [6.45, 7) is 3.62. The molecule has 1 saturated heterocycles. The van der Waals surface area contributed by atoms with E-state index in [1.165, 1.54) is 28.6 Å². The van der Waals surface area contributed by atoms with Gasteiger partial charge in [-0.15, -0.1) is 0 Å². The molecule has 0 amide bonds. The van der Waals surface area contributed by atoms with Gasteiger partial charge in [-0.2, -0.15) is 4.31 Å². The second-order valence-corrected chi connectivity index (χ2v) is 10.3. The number of carbonyl (C=O) groups excluding carboxylic acids is 1. The Hall–Kier alpha value is -3.82. The molecule has 0 spiro atoms. The lowest BCUT2D eigenvalue weighted by atomic mass is 10.1. The van der Waals surface area contributed by atoms with Crippen LogP contribution in [0.25, 0.3) is 22.3 Å². The van der Waals surface area contributed by atoms with Crippen molar-refractivity contribution >= 4 is 32.7 Å². The predicted octanol–water partition coefficient (Wildman–Crippen LogP) is 3.98. The van der Waals surface area contributed by atoms with E-state index in [0.29, 0.717) is 37.6 Å². The van der Waals surface area contributed by atoms with Crippen molar-refractivity contribution in [1.82, 2.24) is 14.3 Å². The Morgan fingerprint density at radius 3 is 2.22 bits per heavy atom. The molecule has 1 fully saturated rings. The number of fused-ring (bicyclic) bond motifs is 1. The van der Waals surface area contributed by atoms with Crippen molar-refractivity contribution in [3.05, 3.63) is 84.4 Å². The van der Waals surface area contributed by atoms with Gasteiger partial charge in [-0.05, 0) is 43.3 Å². The van der Waals surface area contributed by atoms with Gasteiger partial charge in [0.15, 0.2) is 5.82 Å². The summed E-state index contributed by atoms with van der Waals surface area (Å²) in [4.78, 5) is 23.8. The van der Waals surface area contributed by atoms with Crippen LogP contribution in [-0.4, -0.2) is 61.4 Å². The third kappa shape index (κ3) is 4.67. The maximum atomic E-state index is 13.3. The minimum Gasteiger partial charge on any atom is -0.462 e. The molecule has 0 aliphatic carbocycles. The molecule has 9 heteroatoms.